The average molecular weight is 697 g/mol. The highest BCUT2D eigenvalue weighted by Gasteiger charge is 2.31. The smallest absolute Gasteiger partial charge is 0.242 e. The summed E-state index contributed by atoms with van der Waals surface area (Å²) in [5.41, 5.74) is 0.553. The molecule has 5 aromatic rings. The van der Waals surface area contributed by atoms with Gasteiger partial charge in [-0.3, -0.25) is 9.59 Å². The van der Waals surface area contributed by atoms with Crippen molar-refractivity contribution in [1.82, 2.24) is 29.2 Å². The zero-order chi connectivity index (χ0) is 34.6. The van der Waals surface area contributed by atoms with Gasteiger partial charge in [0, 0.05) is 34.8 Å². The molecule has 0 aliphatic carbocycles. The lowest BCUT2D eigenvalue weighted by Crippen LogP contribution is -2.33. The summed E-state index contributed by atoms with van der Waals surface area (Å²) in [6, 6.07) is 12.7. The predicted octanol–water partition coefficient (Wildman–Crippen LogP) is 3.70. The van der Waals surface area contributed by atoms with E-state index in [9.17, 15) is 26.4 Å². The number of hydrogen-bond acceptors (Lipinski definition) is 8. The minimum absolute atomic E-state index is 0.0520. The second kappa shape index (κ2) is 14.8. The molecule has 258 valence electrons. The van der Waals surface area contributed by atoms with Gasteiger partial charge in [-0.05, 0) is 88.5 Å². The summed E-state index contributed by atoms with van der Waals surface area (Å²) in [7, 11) is -8.87. The van der Waals surface area contributed by atoms with E-state index in [1.807, 2.05) is 27.7 Å². The Kier molecular flexibility index (Phi) is 11.0. The molecule has 2 aromatic heterocycles. The number of nitrogens with zero attached hydrogens (tertiary/aromatic N) is 2. The minimum atomic E-state index is -4.51. The minimum Gasteiger partial charge on any atom is -0.354 e. The fourth-order valence-electron chi connectivity index (χ4n) is 6.16. The Hall–Kier alpha value is -3.66. The fourth-order valence-corrected chi connectivity index (χ4v) is 9.34. The summed E-state index contributed by atoms with van der Waals surface area (Å²) in [5, 5.41) is 0.687. The van der Waals surface area contributed by atoms with E-state index in [2.05, 4.69) is 29.2 Å². The van der Waals surface area contributed by atoms with Gasteiger partial charge in [-0.1, -0.05) is 39.8 Å². The van der Waals surface area contributed by atoms with E-state index in [0.717, 1.165) is 26.2 Å². The average Bonchev–Trinajstić information content (AvgIpc) is 3.07. The lowest BCUT2D eigenvalue weighted by atomic mass is 10.1. The van der Waals surface area contributed by atoms with E-state index >= 15 is 0 Å². The standard InChI is InChI=1S/C34H44N6O6S2/c1-5-39(6-2)19-11-17-35-47(43,44)30-16-15-27-31(34(30)48(45,46)36-18-12-20-40(7-3)8-4)33(42)25-22-28-24(21-29(25)38-27)32(41)23-13-9-10-14-26(23)37-28/h9-10,13-16,21-22,35-36H,5-8,11-12,17-20H2,1-4H3,(H,37,41)(H,38,42). The van der Waals surface area contributed by atoms with Gasteiger partial charge < -0.3 is 19.8 Å². The Balaban J connectivity index is 1.66. The van der Waals surface area contributed by atoms with Gasteiger partial charge in [-0.2, -0.15) is 0 Å². The number of aromatic amines is 2. The molecule has 0 bridgehead atoms. The largest absolute Gasteiger partial charge is 0.354 e. The molecule has 3 aromatic carbocycles. The number of benzene rings is 3. The van der Waals surface area contributed by atoms with Crippen molar-refractivity contribution in [2.45, 2.75) is 50.3 Å². The Labute approximate surface area is 280 Å². The quantitative estimate of drug-likeness (QED) is 0.0897. The SMILES string of the molecule is CCN(CC)CCCNS(=O)(=O)c1ccc2[nH]c3cc4c(=O)c5ccccc5[nH]c4cc3c(=O)c2c1S(=O)(=O)NCCCN(CC)CC. The molecule has 0 saturated heterocycles. The van der Waals surface area contributed by atoms with Gasteiger partial charge in [-0.15, -0.1) is 0 Å². The molecule has 4 N–H and O–H groups in total. The van der Waals surface area contributed by atoms with E-state index < -0.39 is 35.3 Å². The van der Waals surface area contributed by atoms with Crippen molar-refractivity contribution >= 4 is 63.7 Å². The van der Waals surface area contributed by atoms with Crippen LogP contribution in [0.4, 0.5) is 0 Å². The van der Waals surface area contributed by atoms with Crippen molar-refractivity contribution < 1.29 is 16.8 Å². The summed E-state index contributed by atoms with van der Waals surface area (Å²) in [4.78, 5) is 37.1. The highest BCUT2D eigenvalue weighted by molar-refractivity contribution is 7.92. The van der Waals surface area contributed by atoms with Crippen LogP contribution in [0.25, 0.3) is 43.6 Å². The third-order valence-electron chi connectivity index (χ3n) is 8.94. The zero-order valence-electron chi connectivity index (χ0n) is 27.9. The number of H-pyrrole nitrogens is 2. The second-order valence-electron chi connectivity index (χ2n) is 11.8. The Morgan fingerprint density at radius 2 is 1.12 bits per heavy atom. The highest BCUT2D eigenvalue weighted by atomic mass is 32.2. The summed E-state index contributed by atoms with van der Waals surface area (Å²) < 4.78 is 60.8. The van der Waals surface area contributed by atoms with Crippen molar-refractivity contribution in [3.63, 3.8) is 0 Å². The van der Waals surface area contributed by atoms with E-state index in [-0.39, 0.29) is 34.8 Å². The first-order valence-corrected chi connectivity index (χ1v) is 19.4. The first kappa shape index (κ1) is 35.6. The number of pyridine rings is 2. The van der Waals surface area contributed by atoms with E-state index in [4.69, 9.17) is 0 Å². The van der Waals surface area contributed by atoms with Gasteiger partial charge >= 0.3 is 0 Å². The van der Waals surface area contributed by atoms with Crippen LogP contribution >= 0.6 is 0 Å². The number of fused-ring (bicyclic) bond motifs is 4. The number of hydrogen-bond donors (Lipinski definition) is 4. The Morgan fingerprint density at radius 3 is 1.71 bits per heavy atom. The fraction of sp³-hybridized carbons (Fsp3) is 0.412. The molecule has 2 heterocycles. The summed E-state index contributed by atoms with van der Waals surface area (Å²) in [5.74, 6) is 0. The first-order valence-electron chi connectivity index (χ1n) is 16.5. The van der Waals surface area contributed by atoms with Crippen LogP contribution in [0.5, 0.6) is 0 Å². The topological polar surface area (TPSA) is 165 Å². The number of sulfonamides is 2. The maximum Gasteiger partial charge on any atom is 0.242 e. The molecular weight excluding hydrogens is 653 g/mol. The number of rotatable bonds is 16. The monoisotopic (exact) mass is 696 g/mol. The van der Waals surface area contributed by atoms with E-state index in [1.54, 1.807) is 30.3 Å². The molecule has 0 amide bonds. The Morgan fingerprint density at radius 1 is 0.604 bits per heavy atom. The van der Waals surface area contributed by atoms with Crippen molar-refractivity contribution in [3.8, 4) is 0 Å². The van der Waals surface area contributed by atoms with Crippen molar-refractivity contribution in [1.29, 1.82) is 0 Å². The molecule has 0 fully saturated rings. The lowest BCUT2D eigenvalue weighted by molar-refractivity contribution is 0.300. The van der Waals surface area contributed by atoms with Gasteiger partial charge in [-0.25, -0.2) is 26.3 Å². The van der Waals surface area contributed by atoms with Crippen LogP contribution in [0.3, 0.4) is 0 Å². The van der Waals surface area contributed by atoms with Crippen LogP contribution in [0.15, 0.2) is 67.9 Å². The molecule has 5 rings (SSSR count). The molecule has 0 unspecified atom stereocenters. The number of para-hydroxylation sites is 1. The maximum atomic E-state index is 14.3. The summed E-state index contributed by atoms with van der Waals surface area (Å²) in [6.07, 6.45) is 1.01. The predicted molar refractivity (Wildman–Crippen MR) is 193 cm³/mol. The van der Waals surface area contributed by atoms with Crippen LogP contribution in [-0.4, -0.2) is 89.0 Å². The van der Waals surface area contributed by atoms with Gasteiger partial charge in [0.2, 0.25) is 20.0 Å². The van der Waals surface area contributed by atoms with Crippen LogP contribution in [0.2, 0.25) is 0 Å². The first-order chi connectivity index (χ1) is 22.9. The molecule has 0 saturated carbocycles. The van der Waals surface area contributed by atoms with Crippen molar-refractivity contribution in [2.75, 3.05) is 52.4 Å². The molecule has 48 heavy (non-hydrogen) atoms. The summed E-state index contributed by atoms with van der Waals surface area (Å²) >= 11 is 0. The second-order valence-corrected chi connectivity index (χ2v) is 15.2. The normalized spacial score (nSPS) is 12.8. The third-order valence-corrected chi connectivity index (χ3v) is 12.1. The zero-order valence-corrected chi connectivity index (χ0v) is 29.5. The van der Waals surface area contributed by atoms with Gasteiger partial charge in [0.05, 0.1) is 21.9 Å². The van der Waals surface area contributed by atoms with Gasteiger partial charge in [0.1, 0.15) is 9.79 Å². The van der Waals surface area contributed by atoms with Crippen molar-refractivity contribution in [2.24, 2.45) is 0 Å². The molecule has 0 radical (unpaired) electrons. The third kappa shape index (κ3) is 7.19. The number of aromatic nitrogens is 2. The Bertz CT molecular complexity index is 2290. The van der Waals surface area contributed by atoms with E-state index in [1.165, 1.54) is 18.2 Å². The summed E-state index contributed by atoms with van der Waals surface area (Å²) in [6.45, 7) is 12.8. The van der Waals surface area contributed by atoms with Crippen LogP contribution in [0, 0.1) is 0 Å². The molecule has 0 aliphatic rings. The highest BCUT2D eigenvalue weighted by Crippen LogP contribution is 2.30. The molecular formula is C34H44N6O6S2. The maximum absolute atomic E-state index is 14.3. The van der Waals surface area contributed by atoms with Gasteiger partial charge in [0.25, 0.3) is 0 Å². The number of nitrogens with one attached hydrogen (secondary N) is 4. The molecule has 0 aliphatic heterocycles. The molecule has 0 spiro atoms. The lowest BCUT2D eigenvalue weighted by Gasteiger charge is -2.19. The molecule has 0 atom stereocenters. The molecule has 12 nitrogen and oxygen atoms in total. The van der Waals surface area contributed by atoms with E-state index in [0.29, 0.717) is 53.3 Å². The van der Waals surface area contributed by atoms with Crippen LogP contribution in [-0.2, 0) is 20.0 Å². The van der Waals surface area contributed by atoms with Crippen molar-refractivity contribution in [3.05, 3.63) is 69.0 Å². The van der Waals surface area contributed by atoms with Crippen LogP contribution < -0.4 is 20.3 Å². The molecule has 14 heteroatoms. The van der Waals surface area contributed by atoms with Crippen LogP contribution in [0.1, 0.15) is 40.5 Å². The van der Waals surface area contributed by atoms with Gasteiger partial charge in [0.15, 0.2) is 10.9 Å².